The van der Waals surface area contributed by atoms with Gasteiger partial charge in [0.1, 0.15) is 24.4 Å². The molecule has 104 valence electrons. The number of hydrogen-bond donors (Lipinski definition) is 6. The Morgan fingerprint density at radius 2 is 1.47 bits per heavy atom. The van der Waals surface area contributed by atoms with Crippen LogP contribution >= 0.6 is 0 Å². The molecule has 4 atom stereocenters. The smallest absolute Gasteiger partial charge is 1.00 e. The van der Waals surface area contributed by atoms with Gasteiger partial charge in [-0.25, -0.2) is 0 Å². The second-order valence-corrected chi connectivity index (χ2v) is 2.62. The molecule has 0 bridgehead atoms. The van der Waals surface area contributed by atoms with Crippen LogP contribution < -0.4 is 98.5 Å². The number of halogens is 1. The molecule has 0 aliphatic heterocycles. The van der Waals surface area contributed by atoms with Gasteiger partial charge >= 0.3 is 80.9 Å². The summed E-state index contributed by atoms with van der Waals surface area (Å²) in [6, 6.07) is 0. The molecule has 0 saturated carbocycles. The largest absolute Gasteiger partial charge is 1.00 e. The van der Waals surface area contributed by atoms with Gasteiger partial charge in [-0.15, -0.1) is 0 Å². The van der Waals surface area contributed by atoms with Crippen LogP contribution in [-0.2, 0) is 4.79 Å². The molecule has 0 saturated heterocycles. The molecule has 0 amide bonds. The maximum atomic E-state index is 9.90. The molecule has 0 aliphatic rings. The van der Waals surface area contributed by atoms with Crippen molar-refractivity contribution in [3.63, 3.8) is 0 Å². The van der Waals surface area contributed by atoms with E-state index in [1.54, 1.807) is 0 Å². The number of aliphatic hydroxyl groups excluding tert-OH is 5. The molecule has 0 aromatic carbocycles. The van der Waals surface area contributed by atoms with Crippen LogP contribution in [0, 0.1) is 0 Å². The van der Waals surface area contributed by atoms with E-state index in [1.807, 2.05) is 0 Å². The second-order valence-electron chi connectivity index (χ2n) is 2.62. The summed E-state index contributed by atoms with van der Waals surface area (Å²) in [5, 5.41) is 58.8. The summed E-state index contributed by atoms with van der Waals surface area (Å²) in [6.07, 6.45) is -8.92. The summed E-state index contributed by atoms with van der Waals surface area (Å²) in [4.78, 5) is 18.3. The Kier molecular flexibility index (Phi) is 33.7. The van der Waals surface area contributed by atoms with Crippen molar-refractivity contribution >= 4 is 12.4 Å². The number of aldehydes is 1. The molecule has 0 radical (unpaired) electrons. The summed E-state index contributed by atoms with van der Waals surface area (Å²) in [5.74, 6) is 0. The minimum atomic E-state index is -2.08. The third-order valence-electron chi connectivity index (χ3n) is 1.42. The fourth-order valence-corrected chi connectivity index (χ4v) is 0.618. The molecule has 0 rings (SSSR count). The molecule has 0 aromatic heterocycles. The van der Waals surface area contributed by atoms with Gasteiger partial charge in [-0.3, -0.25) is 0 Å². The van der Waals surface area contributed by atoms with Gasteiger partial charge < -0.3 is 57.7 Å². The average molecular weight is 339 g/mol. The minimum Gasteiger partial charge on any atom is -1.00 e. The van der Waals surface area contributed by atoms with Crippen LogP contribution in [0.3, 0.4) is 0 Å². The Morgan fingerprint density at radius 1 is 1.16 bits per heavy atom. The normalized spacial score (nSPS) is 14.6. The van der Waals surface area contributed by atoms with Crippen molar-refractivity contribution in [2.75, 3.05) is 6.61 Å². The molecule has 19 heavy (non-hydrogen) atoms. The maximum Gasteiger partial charge on any atom is 1.00 e. The van der Waals surface area contributed by atoms with Crippen molar-refractivity contribution in [1.82, 2.24) is 0 Å². The van der Waals surface area contributed by atoms with E-state index in [4.69, 9.17) is 40.5 Å². The van der Waals surface area contributed by atoms with E-state index in [1.165, 1.54) is 0 Å². The SMILES string of the molecule is O=C([O-])O.O=C[C@H](O)[C@@H](O)[C@H](O)[C@H](O)CO.[Cl-].[K+].[Na+]. The first-order chi connectivity index (χ1) is 7.27. The second kappa shape index (κ2) is 19.7. The van der Waals surface area contributed by atoms with E-state index in [0.717, 1.165) is 0 Å². The zero-order valence-electron chi connectivity index (χ0n) is 10.4. The van der Waals surface area contributed by atoms with E-state index in [9.17, 15) is 4.79 Å². The standard InChI is InChI=1S/C6H12O6.CH2O3.ClH.K.Na/c7-1-3(9)5(11)6(12)4(10)2-8;2-1(3)4;;;/h1,3-6,8-12H,2H2;(H2,2,3,4);1H;;/q;;;2*+1/p-2/t3-,4+,5+,6+;;;;/m0..../s1. The van der Waals surface area contributed by atoms with Gasteiger partial charge in [-0.05, 0) is 0 Å². The van der Waals surface area contributed by atoms with E-state index in [-0.39, 0.29) is 99.6 Å². The minimum absolute atomic E-state index is 0. The van der Waals surface area contributed by atoms with Gasteiger partial charge in [0, 0.05) is 0 Å². The van der Waals surface area contributed by atoms with Gasteiger partial charge in [-0.2, -0.15) is 0 Å². The number of rotatable bonds is 5. The summed E-state index contributed by atoms with van der Waals surface area (Å²) < 4.78 is 0. The van der Waals surface area contributed by atoms with Crippen LogP contribution in [0.4, 0.5) is 4.79 Å². The summed E-state index contributed by atoms with van der Waals surface area (Å²) in [6.45, 7) is -0.760. The van der Waals surface area contributed by atoms with Crippen molar-refractivity contribution < 1.29 is 139 Å². The molecule has 12 heteroatoms. The zero-order valence-corrected chi connectivity index (χ0v) is 16.3. The monoisotopic (exact) mass is 338 g/mol. The molecule has 0 aromatic rings. The Hall–Kier alpha value is 1.67. The number of carbonyl (C=O) groups is 2. The van der Waals surface area contributed by atoms with Crippen molar-refractivity contribution in [3.05, 3.63) is 0 Å². The molecule has 0 unspecified atom stereocenters. The van der Waals surface area contributed by atoms with Crippen LogP contribution in [0.25, 0.3) is 0 Å². The van der Waals surface area contributed by atoms with E-state index >= 15 is 0 Å². The first kappa shape index (κ1) is 32.6. The number of carboxylic acid groups (broad SMARTS) is 2. The first-order valence-corrected chi connectivity index (χ1v) is 3.96. The molecule has 9 nitrogen and oxygen atoms in total. The fourth-order valence-electron chi connectivity index (χ4n) is 0.618. The third-order valence-corrected chi connectivity index (χ3v) is 1.42. The summed E-state index contributed by atoms with van der Waals surface area (Å²) in [5.41, 5.74) is 0. The third kappa shape index (κ3) is 19.7. The predicted molar refractivity (Wildman–Crippen MR) is 45.2 cm³/mol. The summed E-state index contributed by atoms with van der Waals surface area (Å²) >= 11 is 0. The van der Waals surface area contributed by atoms with Crippen LogP contribution in [0.1, 0.15) is 0 Å². The molecule has 0 aliphatic carbocycles. The van der Waals surface area contributed by atoms with Crippen LogP contribution in [0.2, 0.25) is 0 Å². The van der Waals surface area contributed by atoms with Gasteiger partial charge in [-0.1, -0.05) is 0 Å². The number of hydrogen-bond acceptors (Lipinski definition) is 8. The number of carbonyl (C=O) groups excluding carboxylic acids is 1. The van der Waals surface area contributed by atoms with Gasteiger partial charge in [0.05, 0.1) is 6.61 Å². The number of aliphatic hydroxyl groups is 5. The van der Waals surface area contributed by atoms with Gasteiger partial charge in [0.25, 0.3) is 0 Å². The molecule has 0 heterocycles. The fraction of sp³-hybridized carbons (Fsp3) is 0.714. The molecule has 6 N–H and O–H groups in total. The Bertz CT molecular complexity index is 219. The quantitative estimate of drug-likeness (QED) is 0.209. The average Bonchev–Trinajstić information content (AvgIpc) is 2.24. The van der Waals surface area contributed by atoms with Crippen molar-refractivity contribution in [2.24, 2.45) is 0 Å². The maximum absolute atomic E-state index is 9.90. The van der Waals surface area contributed by atoms with Crippen molar-refractivity contribution in [2.45, 2.75) is 24.4 Å². The topological polar surface area (TPSA) is 179 Å². The van der Waals surface area contributed by atoms with E-state index < -0.39 is 37.2 Å². The van der Waals surface area contributed by atoms with Gasteiger partial charge in [0.15, 0.2) is 6.29 Å². The van der Waals surface area contributed by atoms with E-state index in [0.29, 0.717) is 0 Å². The van der Waals surface area contributed by atoms with Crippen LogP contribution in [-0.4, -0.2) is 74.1 Å². The van der Waals surface area contributed by atoms with Crippen LogP contribution in [0.5, 0.6) is 0 Å². The Balaban J connectivity index is -0.0000000827. The van der Waals surface area contributed by atoms with Crippen molar-refractivity contribution in [3.8, 4) is 0 Å². The Morgan fingerprint density at radius 3 is 1.68 bits per heavy atom. The Labute approximate surface area is 179 Å². The first-order valence-electron chi connectivity index (χ1n) is 3.96. The van der Waals surface area contributed by atoms with Gasteiger partial charge in [0.2, 0.25) is 6.16 Å². The van der Waals surface area contributed by atoms with Crippen LogP contribution in [0.15, 0.2) is 0 Å². The molecular formula is C7H13ClKNaO9. The predicted octanol–water partition coefficient (Wildman–Crippen LogP) is -13.5. The zero-order chi connectivity index (χ0) is 13.3. The van der Waals surface area contributed by atoms with E-state index in [2.05, 4.69) is 0 Å². The summed E-state index contributed by atoms with van der Waals surface area (Å²) in [7, 11) is 0. The van der Waals surface area contributed by atoms with Crippen molar-refractivity contribution in [1.29, 1.82) is 0 Å². The molecular weight excluding hydrogens is 326 g/mol. The molecule has 0 fully saturated rings. The molecule has 0 spiro atoms.